The van der Waals surface area contributed by atoms with Gasteiger partial charge in [0, 0.05) is 5.88 Å². The fourth-order valence-corrected chi connectivity index (χ4v) is 2.78. The maximum Gasteiger partial charge on any atom is 0.0480 e. The third-order valence-corrected chi connectivity index (χ3v) is 3.81. The second kappa shape index (κ2) is 4.62. The van der Waals surface area contributed by atoms with E-state index in [0.29, 0.717) is 5.88 Å². The summed E-state index contributed by atoms with van der Waals surface area (Å²) in [5.41, 5.74) is 7.86. The predicted octanol–water partition coefficient (Wildman–Crippen LogP) is 4.68. The van der Waals surface area contributed by atoms with Crippen molar-refractivity contribution in [3.63, 3.8) is 0 Å². The van der Waals surface area contributed by atoms with E-state index in [4.69, 9.17) is 11.6 Å². The molecule has 0 amide bonds. The molecular weight excluding hydrogens is 240 g/mol. The topological polar surface area (TPSA) is 0 Å². The largest absolute Gasteiger partial charge is 0.122 e. The molecule has 0 nitrogen and oxygen atoms in total. The van der Waals surface area contributed by atoms with E-state index >= 15 is 0 Å². The molecule has 1 aliphatic rings. The van der Waals surface area contributed by atoms with Crippen molar-refractivity contribution < 1.29 is 0 Å². The molecule has 0 fully saturated rings. The van der Waals surface area contributed by atoms with Gasteiger partial charge in [0.2, 0.25) is 0 Å². The van der Waals surface area contributed by atoms with Gasteiger partial charge in [-0.1, -0.05) is 48.0 Å². The van der Waals surface area contributed by atoms with Gasteiger partial charge >= 0.3 is 0 Å². The van der Waals surface area contributed by atoms with Crippen LogP contribution >= 0.6 is 11.6 Å². The van der Waals surface area contributed by atoms with Crippen molar-refractivity contribution in [1.82, 2.24) is 0 Å². The molecule has 0 heterocycles. The molecule has 2 aromatic carbocycles. The number of rotatable bonds is 1. The van der Waals surface area contributed by atoms with E-state index in [-0.39, 0.29) is 0 Å². The Balaban J connectivity index is 2.24. The first-order valence-corrected chi connectivity index (χ1v) is 6.76. The Morgan fingerprint density at radius 3 is 2.72 bits per heavy atom. The first-order valence-electron chi connectivity index (χ1n) is 6.22. The van der Waals surface area contributed by atoms with Crippen LogP contribution in [0, 0.1) is 6.92 Å². The molecule has 0 unspecified atom stereocenters. The van der Waals surface area contributed by atoms with Gasteiger partial charge in [0.1, 0.15) is 0 Å². The number of fused-ring (bicyclic) bond motifs is 2. The number of aryl methyl sites for hydroxylation is 1. The number of halogens is 1. The number of allylic oxidation sites excluding steroid dienone is 1. The van der Waals surface area contributed by atoms with Crippen LogP contribution in [0.15, 0.2) is 42.5 Å². The lowest BCUT2D eigenvalue weighted by Gasteiger charge is -2.09. The van der Waals surface area contributed by atoms with E-state index in [1.807, 2.05) is 0 Å². The number of hydrogen-bond acceptors (Lipinski definition) is 0. The molecule has 18 heavy (non-hydrogen) atoms. The van der Waals surface area contributed by atoms with Crippen molar-refractivity contribution in [1.29, 1.82) is 0 Å². The highest BCUT2D eigenvalue weighted by atomic mass is 35.5. The SMILES string of the molecule is Cc1ccc2c(c1)C(CCl)=Cc1ccccc1C2. The van der Waals surface area contributed by atoms with Crippen molar-refractivity contribution in [2.45, 2.75) is 13.3 Å². The lowest BCUT2D eigenvalue weighted by molar-refractivity contribution is 1.17. The number of hydrogen-bond donors (Lipinski definition) is 0. The number of alkyl halides is 1. The highest BCUT2D eigenvalue weighted by molar-refractivity contribution is 6.24. The second-order valence-corrected chi connectivity index (χ2v) is 5.11. The summed E-state index contributed by atoms with van der Waals surface area (Å²) in [6.45, 7) is 2.13. The monoisotopic (exact) mass is 254 g/mol. The second-order valence-electron chi connectivity index (χ2n) is 4.84. The van der Waals surface area contributed by atoms with Crippen molar-refractivity contribution in [2.75, 3.05) is 5.88 Å². The molecule has 0 radical (unpaired) electrons. The zero-order valence-electron chi connectivity index (χ0n) is 10.4. The zero-order chi connectivity index (χ0) is 12.5. The maximum absolute atomic E-state index is 6.13. The van der Waals surface area contributed by atoms with E-state index in [1.54, 1.807) is 0 Å². The van der Waals surface area contributed by atoms with Crippen LogP contribution in [0.25, 0.3) is 11.6 Å². The normalized spacial score (nSPS) is 13.3. The summed E-state index contributed by atoms with van der Waals surface area (Å²) in [6.07, 6.45) is 3.22. The van der Waals surface area contributed by atoms with Crippen LogP contribution < -0.4 is 0 Å². The van der Waals surface area contributed by atoms with Crippen LogP contribution in [-0.4, -0.2) is 5.88 Å². The fraction of sp³-hybridized carbons (Fsp3) is 0.176. The highest BCUT2D eigenvalue weighted by Crippen LogP contribution is 2.31. The summed E-state index contributed by atoms with van der Waals surface area (Å²) in [4.78, 5) is 0. The molecule has 3 rings (SSSR count). The van der Waals surface area contributed by atoms with Gasteiger partial charge < -0.3 is 0 Å². The zero-order valence-corrected chi connectivity index (χ0v) is 11.2. The summed E-state index contributed by atoms with van der Waals surface area (Å²) in [6, 6.07) is 15.2. The minimum Gasteiger partial charge on any atom is -0.122 e. The summed E-state index contributed by atoms with van der Waals surface area (Å²) < 4.78 is 0. The Morgan fingerprint density at radius 2 is 1.89 bits per heavy atom. The van der Waals surface area contributed by atoms with Crippen LogP contribution in [0.3, 0.4) is 0 Å². The minimum atomic E-state index is 0.560. The Bertz CT molecular complexity index is 623. The predicted molar refractivity (Wildman–Crippen MR) is 79.0 cm³/mol. The van der Waals surface area contributed by atoms with Gasteiger partial charge in [0.25, 0.3) is 0 Å². The molecule has 0 aromatic heterocycles. The van der Waals surface area contributed by atoms with Crippen molar-refractivity contribution in [3.05, 3.63) is 70.3 Å². The Hall–Kier alpha value is -1.53. The van der Waals surface area contributed by atoms with Gasteiger partial charge in [0.15, 0.2) is 0 Å². The van der Waals surface area contributed by atoms with Crippen molar-refractivity contribution in [2.24, 2.45) is 0 Å². The average Bonchev–Trinajstić information content (AvgIpc) is 2.54. The van der Waals surface area contributed by atoms with Crippen LogP contribution in [0.5, 0.6) is 0 Å². The molecule has 1 heteroatoms. The van der Waals surface area contributed by atoms with E-state index in [9.17, 15) is 0 Å². The lowest BCUT2D eigenvalue weighted by Crippen LogP contribution is -1.94. The summed E-state index contributed by atoms with van der Waals surface area (Å²) in [5, 5.41) is 0. The molecule has 0 saturated carbocycles. The average molecular weight is 255 g/mol. The van der Waals surface area contributed by atoms with E-state index in [0.717, 1.165) is 6.42 Å². The Labute approximate surface area is 113 Å². The van der Waals surface area contributed by atoms with Crippen LogP contribution in [0.4, 0.5) is 0 Å². The van der Waals surface area contributed by atoms with Crippen LogP contribution in [0.2, 0.25) is 0 Å². The van der Waals surface area contributed by atoms with Crippen molar-refractivity contribution >= 4 is 23.3 Å². The summed E-state index contributed by atoms with van der Waals surface area (Å²) in [5.74, 6) is 0.560. The lowest BCUT2D eigenvalue weighted by atomic mass is 9.96. The first kappa shape index (κ1) is 11.6. The molecule has 0 bridgehead atoms. The smallest absolute Gasteiger partial charge is 0.0480 e. The maximum atomic E-state index is 6.13. The first-order chi connectivity index (χ1) is 8.78. The van der Waals surface area contributed by atoms with Crippen LogP contribution in [-0.2, 0) is 6.42 Å². The van der Waals surface area contributed by atoms with Gasteiger partial charge in [-0.15, -0.1) is 11.6 Å². The molecule has 0 aliphatic heterocycles. The molecule has 1 aliphatic carbocycles. The number of benzene rings is 2. The molecule has 2 aromatic rings. The van der Waals surface area contributed by atoms with Crippen LogP contribution in [0.1, 0.15) is 27.8 Å². The molecule has 90 valence electrons. The van der Waals surface area contributed by atoms with Gasteiger partial charge in [-0.3, -0.25) is 0 Å². The Kier molecular flexibility index (Phi) is 2.97. The van der Waals surface area contributed by atoms with Gasteiger partial charge in [-0.2, -0.15) is 0 Å². The summed E-state index contributed by atoms with van der Waals surface area (Å²) >= 11 is 6.13. The van der Waals surface area contributed by atoms with E-state index in [2.05, 4.69) is 55.5 Å². The summed E-state index contributed by atoms with van der Waals surface area (Å²) in [7, 11) is 0. The quantitative estimate of drug-likeness (QED) is 0.649. The fourth-order valence-electron chi connectivity index (χ4n) is 2.56. The Morgan fingerprint density at radius 1 is 1.06 bits per heavy atom. The van der Waals surface area contributed by atoms with Crippen molar-refractivity contribution in [3.8, 4) is 0 Å². The molecule has 0 atom stereocenters. The molecular formula is C17H15Cl. The van der Waals surface area contributed by atoms with E-state index in [1.165, 1.54) is 33.4 Å². The van der Waals surface area contributed by atoms with Gasteiger partial charge in [-0.25, -0.2) is 0 Å². The van der Waals surface area contributed by atoms with E-state index < -0.39 is 0 Å². The van der Waals surface area contributed by atoms with Gasteiger partial charge in [0.05, 0.1) is 0 Å². The third kappa shape index (κ3) is 1.97. The van der Waals surface area contributed by atoms with Gasteiger partial charge in [-0.05, 0) is 47.2 Å². The standard InChI is InChI=1S/C17H15Cl/c1-12-6-7-15-9-13-4-2-3-5-14(13)10-16(11-18)17(15)8-12/h2-8,10H,9,11H2,1H3. The minimum absolute atomic E-state index is 0.560. The molecule has 0 spiro atoms. The molecule has 0 N–H and O–H groups in total. The molecule has 0 saturated heterocycles. The highest BCUT2D eigenvalue weighted by Gasteiger charge is 2.14. The third-order valence-electron chi connectivity index (χ3n) is 3.52.